The van der Waals surface area contributed by atoms with Crippen LogP contribution in [0, 0.1) is 5.92 Å². The summed E-state index contributed by atoms with van der Waals surface area (Å²) in [6, 6.07) is 4.32. The number of hydrogen-bond donors (Lipinski definition) is 2. The Bertz CT molecular complexity index is 312. The highest BCUT2D eigenvalue weighted by Crippen LogP contribution is 2.21. The van der Waals surface area contributed by atoms with Gasteiger partial charge in [0.1, 0.15) is 5.76 Å². The van der Waals surface area contributed by atoms with Gasteiger partial charge < -0.3 is 14.8 Å². The van der Waals surface area contributed by atoms with E-state index in [1.54, 1.807) is 0 Å². The number of furan rings is 1. The molecule has 4 heteroatoms. The van der Waals surface area contributed by atoms with Crippen molar-refractivity contribution >= 4 is 15.9 Å². The first-order valence-corrected chi connectivity index (χ1v) is 6.46. The molecule has 1 heterocycles. The Morgan fingerprint density at radius 1 is 1.38 bits per heavy atom. The van der Waals surface area contributed by atoms with Crippen molar-refractivity contribution < 1.29 is 9.52 Å². The van der Waals surface area contributed by atoms with E-state index in [4.69, 9.17) is 9.52 Å². The van der Waals surface area contributed by atoms with E-state index < -0.39 is 0 Å². The molecule has 92 valence electrons. The number of nitrogens with one attached hydrogen (secondary N) is 1. The van der Waals surface area contributed by atoms with Gasteiger partial charge in [0.15, 0.2) is 4.67 Å². The van der Waals surface area contributed by atoms with Crippen LogP contribution in [0.1, 0.15) is 39.0 Å². The molecule has 0 spiro atoms. The average Bonchev–Trinajstić information content (AvgIpc) is 2.64. The highest BCUT2D eigenvalue weighted by Gasteiger charge is 2.18. The Hall–Kier alpha value is -0.320. The Kier molecular flexibility index (Phi) is 5.52. The molecule has 1 rings (SSSR count). The van der Waals surface area contributed by atoms with Gasteiger partial charge in [-0.25, -0.2) is 0 Å². The molecule has 0 aliphatic rings. The van der Waals surface area contributed by atoms with Crippen LogP contribution in [0.3, 0.4) is 0 Å². The van der Waals surface area contributed by atoms with Crippen LogP contribution in [0.25, 0.3) is 0 Å². The zero-order valence-electron chi connectivity index (χ0n) is 10.0. The second-order valence-corrected chi connectivity index (χ2v) is 5.17. The number of hydrogen-bond acceptors (Lipinski definition) is 3. The van der Waals surface area contributed by atoms with Crippen molar-refractivity contribution in [2.24, 2.45) is 5.92 Å². The van der Waals surface area contributed by atoms with Crippen LogP contribution in [-0.2, 0) is 0 Å². The summed E-state index contributed by atoms with van der Waals surface area (Å²) in [7, 11) is 0. The van der Waals surface area contributed by atoms with Gasteiger partial charge in [-0.1, -0.05) is 13.8 Å². The molecule has 3 nitrogen and oxygen atoms in total. The lowest BCUT2D eigenvalue weighted by molar-refractivity contribution is 0.232. The molecule has 1 aromatic heterocycles. The quantitative estimate of drug-likeness (QED) is 0.846. The lowest BCUT2D eigenvalue weighted by atomic mass is 10.00. The summed E-state index contributed by atoms with van der Waals surface area (Å²) in [5.41, 5.74) is 0. The van der Waals surface area contributed by atoms with Crippen LogP contribution in [-0.4, -0.2) is 17.8 Å². The zero-order chi connectivity index (χ0) is 12.1. The summed E-state index contributed by atoms with van der Waals surface area (Å²) < 4.78 is 6.25. The summed E-state index contributed by atoms with van der Waals surface area (Å²) in [5.74, 6) is 1.41. The second-order valence-electron chi connectivity index (χ2n) is 4.39. The Morgan fingerprint density at radius 3 is 2.50 bits per heavy atom. The van der Waals surface area contributed by atoms with E-state index in [1.165, 1.54) is 0 Å². The highest BCUT2D eigenvalue weighted by molar-refractivity contribution is 9.10. The first kappa shape index (κ1) is 13.7. The van der Waals surface area contributed by atoms with Crippen LogP contribution in [0.5, 0.6) is 0 Å². The molecule has 2 atom stereocenters. The predicted molar refractivity (Wildman–Crippen MR) is 68.3 cm³/mol. The third-order valence-corrected chi connectivity index (χ3v) is 3.16. The van der Waals surface area contributed by atoms with Crippen molar-refractivity contribution in [3.05, 3.63) is 22.6 Å². The number of rotatable bonds is 6. The van der Waals surface area contributed by atoms with E-state index in [0.717, 1.165) is 16.9 Å². The topological polar surface area (TPSA) is 45.4 Å². The number of halogens is 1. The van der Waals surface area contributed by atoms with Crippen molar-refractivity contribution in [2.45, 2.75) is 39.3 Å². The summed E-state index contributed by atoms with van der Waals surface area (Å²) in [4.78, 5) is 0. The fourth-order valence-electron chi connectivity index (χ4n) is 1.71. The van der Waals surface area contributed by atoms with E-state index in [9.17, 15) is 0 Å². The SMILES string of the molecule is CC(NC(CCO)C(C)C)c1ccc(Br)o1. The molecule has 2 unspecified atom stereocenters. The predicted octanol–water partition coefficient (Wildman–Crippen LogP) is 3.10. The summed E-state index contributed by atoms with van der Waals surface area (Å²) in [6.45, 7) is 6.58. The molecule has 0 radical (unpaired) electrons. The maximum absolute atomic E-state index is 9.00. The molecule has 0 aliphatic heterocycles. The van der Waals surface area contributed by atoms with Crippen molar-refractivity contribution in [2.75, 3.05) is 6.61 Å². The molecule has 0 aliphatic carbocycles. The normalized spacial score (nSPS) is 15.4. The van der Waals surface area contributed by atoms with Gasteiger partial charge in [0.05, 0.1) is 6.04 Å². The van der Waals surface area contributed by atoms with E-state index in [1.807, 2.05) is 12.1 Å². The minimum atomic E-state index is 0.158. The van der Waals surface area contributed by atoms with Gasteiger partial charge in [-0.2, -0.15) is 0 Å². The molecular weight excluding hydrogens is 270 g/mol. The smallest absolute Gasteiger partial charge is 0.169 e. The molecule has 1 aromatic rings. The number of aliphatic hydroxyl groups excluding tert-OH is 1. The lowest BCUT2D eigenvalue weighted by Crippen LogP contribution is -2.36. The van der Waals surface area contributed by atoms with Crippen LogP contribution < -0.4 is 5.32 Å². The molecule has 0 amide bonds. The first-order chi connectivity index (χ1) is 7.54. The average molecular weight is 290 g/mol. The summed E-state index contributed by atoms with van der Waals surface area (Å²) >= 11 is 3.29. The zero-order valence-corrected chi connectivity index (χ0v) is 11.6. The van der Waals surface area contributed by atoms with Crippen molar-refractivity contribution in [3.63, 3.8) is 0 Å². The van der Waals surface area contributed by atoms with E-state index in [2.05, 4.69) is 42.0 Å². The van der Waals surface area contributed by atoms with Gasteiger partial charge in [-0.05, 0) is 47.3 Å². The van der Waals surface area contributed by atoms with Crippen LogP contribution in [0.15, 0.2) is 21.2 Å². The van der Waals surface area contributed by atoms with E-state index >= 15 is 0 Å². The largest absolute Gasteiger partial charge is 0.453 e. The Labute approximate surface area is 105 Å². The molecule has 0 fully saturated rings. The van der Waals surface area contributed by atoms with Gasteiger partial charge in [0, 0.05) is 12.6 Å². The fourth-order valence-corrected chi connectivity index (χ4v) is 2.03. The van der Waals surface area contributed by atoms with Crippen molar-refractivity contribution in [1.82, 2.24) is 5.32 Å². The molecule has 0 saturated carbocycles. The molecule has 0 bridgehead atoms. The summed E-state index contributed by atoms with van der Waals surface area (Å²) in [5, 5.41) is 12.5. The first-order valence-electron chi connectivity index (χ1n) is 5.66. The molecular formula is C12H20BrNO2. The van der Waals surface area contributed by atoms with Gasteiger partial charge in [0.2, 0.25) is 0 Å². The third kappa shape index (κ3) is 3.92. The number of aliphatic hydroxyl groups is 1. The standard InChI is InChI=1S/C12H20BrNO2/c1-8(2)10(6-7-15)14-9(3)11-4-5-12(13)16-11/h4-5,8-10,14-15H,6-7H2,1-3H3. The minimum Gasteiger partial charge on any atom is -0.453 e. The van der Waals surface area contributed by atoms with E-state index in [-0.39, 0.29) is 12.6 Å². The Balaban J connectivity index is 2.57. The maximum atomic E-state index is 9.00. The molecule has 16 heavy (non-hydrogen) atoms. The molecule has 2 N–H and O–H groups in total. The van der Waals surface area contributed by atoms with Crippen LogP contribution in [0.2, 0.25) is 0 Å². The maximum Gasteiger partial charge on any atom is 0.169 e. The van der Waals surface area contributed by atoms with Gasteiger partial charge in [-0.15, -0.1) is 0 Å². The second kappa shape index (κ2) is 6.42. The monoisotopic (exact) mass is 289 g/mol. The van der Waals surface area contributed by atoms with Crippen LogP contribution >= 0.6 is 15.9 Å². The van der Waals surface area contributed by atoms with Crippen molar-refractivity contribution in [1.29, 1.82) is 0 Å². The highest BCUT2D eigenvalue weighted by atomic mass is 79.9. The Morgan fingerprint density at radius 2 is 2.06 bits per heavy atom. The van der Waals surface area contributed by atoms with Gasteiger partial charge in [0.25, 0.3) is 0 Å². The van der Waals surface area contributed by atoms with Gasteiger partial charge in [-0.3, -0.25) is 0 Å². The third-order valence-electron chi connectivity index (χ3n) is 2.73. The molecule has 0 saturated heterocycles. The van der Waals surface area contributed by atoms with Crippen molar-refractivity contribution in [3.8, 4) is 0 Å². The lowest BCUT2D eigenvalue weighted by Gasteiger charge is -2.24. The fraction of sp³-hybridized carbons (Fsp3) is 0.667. The molecule has 0 aromatic carbocycles. The minimum absolute atomic E-state index is 0.158. The summed E-state index contributed by atoms with van der Waals surface area (Å²) in [6.07, 6.45) is 0.768. The van der Waals surface area contributed by atoms with Crippen LogP contribution in [0.4, 0.5) is 0 Å². The van der Waals surface area contributed by atoms with Gasteiger partial charge >= 0.3 is 0 Å². The van der Waals surface area contributed by atoms with E-state index in [0.29, 0.717) is 12.0 Å².